The molecular formula is C11H15BrClNO. The molecule has 0 amide bonds. The molecular weight excluding hydrogens is 277 g/mol. The number of hydrogen-bond donors (Lipinski definition) is 2. The van der Waals surface area contributed by atoms with E-state index in [4.69, 9.17) is 17.3 Å². The second kappa shape index (κ2) is 4.32. The van der Waals surface area contributed by atoms with Crippen molar-refractivity contribution in [2.45, 2.75) is 26.8 Å². The number of hydrogen-bond acceptors (Lipinski definition) is 2. The van der Waals surface area contributed by atoms with Crippen LogP contribution in [-0.4, -0.2) is 5.11 Å². The highest BCUT2D eigenvalue weighted by Crippen LogP contribution is 2.42. The van der Waals surface area contributed by atoms with Crippen molar-refractivity contribution < 1.29 is 5.11 Å². The average molecular weight is 293 g/mol. The lowest BCUT2D eigenvalue weighted by atomic mass is 9.83. The van der Waals surface area contributed by atoms with E-state index in [1.807, 2.05) is 20.8 Å². The first-order valence-electron chi connectivity index (χ1n) is 4.67. The lowest BCUT2D eigenvalue weighted by Crippen LogP contribution is -2.26. The topological polar surface area (TPSA) is 46.2 Å². The number of aromatic hydroxyl groups is 1. The van der Waals surface area contributed by atoms with Crippen molar-refractivity contribution in [2.75, 3.05) is 0 Å². The highest BCUT2D eigenvalue weighted by molar-refractivity contribution is 9.10. The fourth-order valence-electron chi connectivity index (χ4n) is 1.29. The molecule has 0 aliphatic rings. The van der Waals surface area contributed by atoms with Gasteiger partial charge in [-0.05, 0) is 33.5 Å². The highest BCUT2D eigenvalue weighted by Gasteiger charge is 2.27. The van der Waals surface area contributed by atoms with E-state index < -0.39 is 0 Å². The summed E-state index contributed by atoms with van der Waals surface area (Å²) in [5, 5.41) is 10.4. The van der Waals surface area contributed by atoms with Crippen LogP contribution < -0.4 is 5.73 Å². The van der Waals surface area contributed by atoms with Crippen molar-refractivity contribution in [3.63, 3.8) is 0 Å². The molecule has 0 saturated carbocycles. The van der Waals surface area contributed by atoms with Crippen LogP contribution in [0.4, 0.5) is 0 Å². The molecule has 0 aliphatic carbocycles. The minimum atomic E-state index is -0.303. The van der Waals surface area contributed by atoms with Gasteiger partial charge in [0.25, 0.3) is 0 Å². The van der Waals surface area contributed by atoms with Gasteiger partial charge in [-0.1, -0.05) is 32.4 Å². The average Bonchev–Trinajstić information content (AvgIpc) is 2.10. The van der Waals surface area contributed by atoms with Crippen LogP contribution in [0.5, 0.6) is 5.75 Å². The number of nitrogens with two attached hydrogens (primary N) is 1. The third-order valence-corrected chi connectivity index (χ3v) is 3.33. The molecule has 0 radical (unpaired) electrons. The van der Waals surface area contributed by atoms with Crippen LogP contribution in [0.1, 0.15) is 32.4 Å². The van der Waals surface area contributed by atoms with Crippen molar-refractivity contribution in [1.29, 1.82) is 0 Å². The highest BCUT2D eigenvalue weighted by atomic mass is 79.9. The molecule has 0 saturated heterocycles. The zero-order valence-electron chi connectivity index (χ0n) is 9.01. The van der Waals surface area contributed by atoms with Gasteiger partial charge in [-0.3, -0.25) is 0 Å². The van der Waals surface area contributed by atoms with E-state index in [-0.39, 0.29) is 17.2 Å². The van der Waals surface area contributed by atoms with Crippen molar-refractivity contribution in [3.8, 4) is 5.75 Å². The Labute approximate surface area is 104 Å². The molecule has 15 heavy (non-hydrogen) atoms. The molecule has 0 fully saturated rings. The third kappa shape index (κ3) is 2.65. The number of phenolic OH excluding ortho intramolecular Hbond substituents is 1. The fraction of sp³-hybridized carbons (Fsp3) is 0.455. The summed E-state index contributed by atoms with van der Waals surface area (Å²) in [5.41, 5.74) is 6.52. The minimum Gasteiger partial charge on any atom is -0.506 e. The molecule has 1 rings (SSSR count). The van der Waals surface area contributed by atoms with Gasteiger partial charge >= 0.3 is 0 Å². The quantitative estimate of drug-likeness (QED) is 0.826. The molecule has 0 aromatic heterocycles. The molecule has 0 bridgehead atoms. The van der Waals surface area contributed by atoms with E-state index in [1.54, 1.807) is 12.1 Å². The molecule has 0 heterocycles. The zero-order valence-corrected chi connectivity index (χ0v) is 11.4. The molecule has 2 nitrogen and oxygen atoms in total. The number of rotatable bonds is 1. The van der Waals surface area contributed by atoms with Gasteiger partial charge in [0.2, 0.25) is 0 Å². The maximum atomic E-state index is 9.90. The summed E-state index contributed by atoms with van der Waals surface area (Å²) >= 11 is 9.29. The number of phenols is 1. The second-order valence-corrected chi connectivity index (χ2v) is 5.90. The summed E-state index contributed by atoms with van der Waals surface area (Å²) in [6.45, 7) is 6.02. The molecule has 0 aliphatic heterocycles. The molecule has 1 aromatic carbocycles. The lowest BCUT2D eigenvalue weighted by molar-refractivity contribution is 0.317. The molecule has 0 unspecified atom stereocenters. The Morgan fingerprint density at radius 3 is 2.40 bits per heavy atom. The Hall–Kier alpha value is -0.250. The predicted molar refractivity (Wildman–Crippen MR) is 67.2 cm³/mol. The number of benzene rings is 1. The largest absolute Gasteiger partial charge is 0.506 e. The second-order valence-electron chi connectivity index (χ2n) is 4.64. The fourth-order valence-corrected chi connectivity index (χ4v) is 1.90. The standard InChI is InChI=1S/C11H15BrClNO/c1-11(2,3)10(14)8-7(13)5-4-6(12)9(8)15/h4-5,10,15H,14H2,1-3H3/t10-/m1/s1. The minimum absolute atomic E-state index is 0.130. The van der Waals surface area contributed by atoms with E-state index in [0.717, 1.165) is 0 Å². The summed E-state index contributed by atoms with van der Waals surface area (Å²) in [5.74, 6) is 0.130. The summed E-state index contributed by atoms with van der Waals surface area (Å²) in [7, 11) is 0. The SMILES string of the molecule is CC(C)(C)[C@H](N)c1c(Cl)ccc(Br)c1O. The van der Waals surface area contributed by atoms with E-state index in [9.17, 15) is 5.11 Å². The molecule has 0 spiro atoms. The Morgan fingerprint density at radius 2 is 1.93 bits per heavy atom. The first-order valence-corrected chi connectivity index (χ1v) is 5.84. The Kier molecular flexibility index (Phi) is 3.69. The molecule has 84 valence electrons. The lowest BCUT2D eigenvalue weighted by Gasteiger charge is -2.28. The van der Waals surface area contributed by atoms with Gasteiger partial charge in [-0.25, -0.2) is 0 Å². The maximum absolute atomic E-state index is 9.90. The molecule has 1 aromatic rings. The van der Waals surface area contributed by atoms with Gasteiger partial charge in [0.1, 0.15) is 5.75 Å². The zero-order chi connectivity index (χ0) is 11.8. The van der Waals surface area contributed by atoms with Crippen LogP contribution in [0.3, 0.4) is 0 Å². The summed E-state index contributed by atoms with van der Waals surface area (Å²) in [6, 6.07) is 3.13. The van der Waals surface area contributed by atoms with Crippen LogP contribution in [0.25, 0.3) is 0 Å². The van der Waals surface area contributed by atoms with Crippen LogP contribution in [0, 0.1) is 5.41 Å². The van der Waals surface area contributed by atoms with Gasteiger partial charge in [0.05, 0.1) is 4.47 Å². The smallest absolute Gasteiger partial charge is 0.136 e. The van der Waals surface area contributed by atoms with Crippen molar-refractivity contribution in [1.82, 2.24) is 0 Å². The van der Waals surface area contributed by atoms with Crippen LogP contribution in [0.15, 0.2) is 16.6 Å². The number of halogens is 2. The van der Waals surface area contributed by atoms with Crippen LogP contribution >= 0.6 is 27.5 Å². The van der Waals surface area contributed by atoms with E-state index in [0.29, 0.717) is 15.1 Å². The first-order chi connectivity index (χ1) is 6.75. The van der Waals surface area contributed by atoms with Gasteiger partial charge in [-0.2, -0.15) is 0 Å². The normalized spacial score (nSPS) is 14.0. The maximum Gasteiger partial charge on any atom is 0.136 e. The molecule has 1 atom stereocenters. The monoisotopic (exact) mass is 291 g/mol. The van der Waals surface area contributed by atoms with E-state index in [2.05, 4.69) is 15.9 Å². The van der Waals surface area contributed by atoms with Crippen molar-refractivity contribution in [3.05, 3.63) is 27.2 Å². The summed E-state index contributed by atoms with van der Waals surface area (Å²) < 4.78 is 0.613. The Balaban J connectivity index is 3.31. The van der Waals surface area contributed by atoms with E-state index >= 15 is 0 Å². The summed E-state index contributed by atoms with van der Waals surface area (Å²) in [4.78, 5) is 0. The van der Waals surface area contributed by atoms with Gasteiger partial charge in [0, 0.05) is 16.6 Å². The predicted octanol–water partition coefficient (Wildman–Crippen LogP) is 3.85. The Bertz CT molecular complexity index is 374. The van der Waals surface area contributed by atoms with Gasteiger partial charge < -0.3 is 10.8 Å². The van der Waals surface area contributed by atoms with Crippen molar-refractivity contribution in [2.24, 2.45) is 11.1 Å². The van der Waals surface area contributed by atoms with Crippen LogP contribution in [-0.2, 0) is 0 Å². The summed E-state index contributed by atoms with van der Waals surface area (Å²) in [6.07, 6.45) is 0. The first kappa shape index (κ1) is 12.8. The van der Waals surface area contributed by atoms with Crippen LogP contribution in [0.2, 0.25) is 5.02 Å². The van der Waals surface area contributed by atoms with Crippen molar-refractivity contribution >= 4 is 27.5 Å². The van der Waals surface area contributed by atoms with Gasteiger partial charge in [-0.15, -0.1) is 0 Å². The Morgan fingerprint density at radius 1 is 1.40 bits per heavy atom. The third-order valence-electron chi connectivity index (χ3n) is 2.36. The molecule has 4 heteroatoms. The van der Waals surface area contributed by atoms with E-state index in [1.165, 1.54) is 0 Å². The molecule has 3 N–H and O–H groups in total. The van der Waals surface area contributed by atoms with Gasteiger partial charge in [0.15, 0.2) is 0 Å².